The van der Waals surface area contributed by atoms with Crippen LogP contribution in [0.25, 0.3) is 0 Å². The summed E-state index contributed by atoms with van der Waals surface area (Å²) < 4.78 is 0. The number of aryl methyl sites for hydroxylation is 1. The second kappa shape index (κ2) is 11.2. The average molecular weight is 542 g/mol. The van der Waals surface area contributed by atoms with Crippen LogP contribution in [0.1, 0.15) is 66.1 Å². The first-order valence-corrected chi connectivity index (χ1v) is 14.0. The number of hydrogen-bond donors (Lipinski definition) is 4. The lowest BCUT2D eigenvalue weighted by Crippen LogP contribution is -2.42. The standard InChI is InChI=1S/C26H28ClN5O2S2/c27-20-13-17(24(33)29-21-11-12-36-25(21)34)14-28-23(20)31-32-26(35)30-22-18-7-3-1-5-15(18)9-10-16-6-2-4-8-19(16)22/h1,3,5,7,13-14,21-22H,2,4,6,8-12H2,(H,28,31)(H,29,33)(H2,30,32,35)/t21-,22?/m1/s1. The summed E-state index contributed by atoms with van der Waals surface area (Å²) in [6.45, 7) is 0. The first-order valence-electron chi connectivity index (χ1n) is 12.2. The molecule has 1 aromatic heterocycles. The first kappa shape index (κ1) is 25.0. The van der Waals surface area contributed by atoms with Crippen molar-refractivity contribution in [2.45, 2.75) is 57.0 Å². The molecule has 7 nitrogen and oxygen atoms in total. The van der Waals surface area contributed by atoms with Crippen LogP contribution in [0.4, 0.5) is 5.82 Å². The molecule has 0 bridgehead atoms. The average Bonchev–Trinajstić information content (AvgIpc) is 3.22. The van der Waals surface area contributed by atoms with Crippen molar-refractivity contribution in [1.29, 1.82) is 0 Å². The minimum absolute atomic E-state index is 0.0155. The lowest BCUT2D eigenvalue weighted by Gasteiger charge is -2.28. The summed E-state index contributed by atoms with van der Waals surface area (Å²) in [7, 11) is 0. The second-order valence-corrected chi connectivity index (χ2v) is 11.1. The molecule has 10 heteroatoms. The van der Waals surface area contributed by atoms with E-state index in [4.69, 9.17) is 23.8 Å². The third-order valence-electron chi connectivity index (χ3n) is 6.95. The molecule has 2 aromatic rings. The van der Waals surface area contributed by atoms with Gasteiger partial charge in [-0.15, -0.1) is 0 Å². The Morgan fingerprint density at radius 2 is 1.94 bits per heavy atom. The zero-order chi connectivity index (χ0) is 25.1. The number of hydrazine groups is 1. The minimum Gasteiger partial charge on any atom is -0.351 e. The van der Waals surface area contributed by atoms with E-state index in [1.165, 1.54) is 53.6 Å². The van der Waals surface area contributed by atoms with E-state index in [9.17, 15) is 9.59 Å². The largest absolute Gasteiger partial charge is 0.351 e. The van der Waals surface area contributed by atoms with Crippen LogP contribution in [0.3, 0.4) is 0 Å². The van der Waals surface area contributed by atoms with Gasteiger partial charge < -0.3 is 10.6 Å². The van der Waals surface area contributed by atoms with E-state index < -0.39 is 6.04 Å². The molecule has 3 aliphatic rings. The number of allylic oxidation sites excluding steroid dienone is 1. The quantitative estimate of drug-likeness (QED) is 0.242. The zero-order valence-corrected chi connectivity index (χ0v) is 22.1. The summed E-state index contributed by atoms with van der Waals surface area (Å²) in [4.78, 5) is 28.6. The Balaban J connectivity index is 1.24. The molecule has 1 saturated heterocycles. The number of hydrogen-bond acceptors (Lipinski definition) is 6. The highest BCUT2D eigenvalue weighted by Gasteiger charge is 2.29. The Kier molecular flexibility index (Phi) is 7.79. The molecule has 2 atom stereocenters. The molecule has 0 radical (unpaired) electrons. The number of nitrogens with one attached hydrogen (secondary N) is 4. The van der Waals surface area contributed by atoms with E-state index in [0.29, 0.717) is 22.9 Å². The minimum atomic E-state index is -0.460. The maximum absolute atomic E-state index is 12.5. The lowest BCUT2D eigenvalue weighted by atomic mass is 9.85. The molecular weight excluding hydrogens is 514 g/mol. The number of aromatic nitrogens is 1. The molecule has 188 valence electrons. The number of halogens is 1. The van der Waals surface area contributed by atoms with Gasteiger partial charge in [0, 0.05) is 11.9 Å². The van der Waals surface area contributed by atoms with Gasteiger partial charge in [-0.25, -0.2) is 4.98 Å². The predicted molar refractivity (Wildman–Crippen MR) is 148 cm³/mol. The highest BCUT2D eigenvalue weighted by Crippen LogP contribution is 2.40. The number of rotatable bonds is 5. The number of carbonyl (C=O) groups is 2. The van der Waals surface area contributed by atoms with Crippen molar-refractivity contribution in [3.63, 3.8) is 0 Å². The zero-order valence-electron chi connectivity index (χ0n) is 19.7. The molecule has 1 aliphatic heterocycles. The molecule has 1 aromatic carbocycles. The van der Waals surface area contributed by atoms with Crippen molar-refractivity contribution in [3.05, 3.63) is 69.4 Å². The summed E-state index contributed by atoms with van der Waals surface area (Å²) >= 11 is 13.3. The van der Waals surface area contributed by atoms with Gasteiger partial charge >= 0.3 is 0 Å². The van der Waals surface area contributed by atoms with Crippen molar-refractivity contribution in [1.82, 2.24) is 21.0 Å². The molecule has 0 spiro atoms. The molecular formula is C26H28ClN5O2S2. The molecule has 2 aliphatic carbocycles. The number of amides is 1. The van der Waals surface area contributed by atoms with Crippen molar-refractivity contribution >= 4 is 57.5 Å². The Morgan fingerprint density at radius 1 is 1.11 bits per heavy atom. The van der Waals surface area contributed by atoms with E-state index >= 15 is 0 Å². The molecule has 2 heterocycles. The number of anilines is 1. The van der Waals surface area contributed by atoms with Gasteiger partial charge in [0.1, 0.15) is 0 Å². The molecule has 5 rings (SSSR count). The van der Waals surface area contributed by atoms with Crippen LogP contribution in [-0.4, -0.2) is 32.9 Å². The third kappa shape index (κ3) is 5.53. The normalized spacial score (nSPS) is 21.2. The first-order chi connectivity index (χ1) is 17.5. The number of thioether (sulfide) groups is 1. The Hall–Kier alpha value is -2.62. The van der Waals surface area contributed by atoms with E-state index in [1.807, 2.05) is 0 Å². The summed E-state index contributed by atoms with van der Waals surface area (Å²) in [5.74, 6) is 0.699. The maximum atomic E-state index is 12.5. The van der Waals surface area contributed by atoms with Crippen LogP contribution in [0, 0.1) is 0 Å². The van der Waals surface area contributed by atoms with Crippen molar-refractivity contribution in [2.75, 3.05) is 11.2 Å². The van der Waals surface area contributed by atoms with Crippen molar-refractivity contribution in [2.24, 2.45) is 0 Å². The topological polar surface area (TPSA) is 95.2 Å². The van der Waals surface area contributed by atoms with Crippen LogP contribution in [0.5, 0.6) is 0 Å². The Morgan fingerprint density at radius 3 is 2.75 bits per heavy atom. The number of pyridine rings is 1. The summed E-state index contributed by atoms with van der Waals surface area (Å²) in [5.41, 5.74) is 11.9. The lowest BCUT2D eigenvalue weighted by molar-refractivity contribution is -0.112. The molecule has 4 N–H and O–H groups in total. The second-order valence-electron chi connectivity index (χ2n) is 9.23. The summed E-state index contributed by atoms with van der Waals surface area (Å²) in [6.07, 6.45) is 8.91. The van der Waals surface area contributed by atoms with Gasteiger partial charge in [0.25, 0.3) is 5.91 Å². The van der Waals surface area contributed by atoms with Gasteiger partial charge in [-0.05, 0) is 79.9 Å². The van der Waals surface area contributed by atoms with Crippen LogP contribution in [0.15, 0.2) is 47.7 Å². The molecule has 1 fully saturated rings. The SMILES string of the molecule is O=C(N[C@@H]1CCSC1=O)c1cnc(NNC(=S)NC2C3=C(CCCC3)CCc3ccccc32)c(Cl)c1. The van der Waals surface area contributed by atoms with Crippen LogP contribution < -0.4 is 21.5 Å². The van der Waals surface area contributed by atoms with Gasteiger partial charge in [0.15, 0.2) is 10.9 Å². The third-order valence-corrected chi connectivity index (χ3v) is 8.47. The van der Waals surface area contributed by atoms with Crippen LogP contribution in [0.2, 0.25) is 5.02 Å². The molecule has 1 amide bonds. The van der Waals surface area contributed by atoms with Gasteiger partial charge in [0.05, 0.1) is 22.7 Å². The number of benzene rings is 1. The molecule has 0 saturated carbocycles. The van der Waals surface area contributed by atoms with Gasteiger partial charge in [0.2, 0.25) is 5.12 Å². The maximum Gasteiger partial charge on any atom is 0.253 e. The Labute approximate surface area is 225 Å². The van der Waals surface area contributed by atoms with E-state index in [-0.39, 0.29) is 22.1 Å². The van der Waals surface area contributed by atoms with E-state index in [1.54, 1.807) is 5.57 Å². The van der Waals surface area contributed by atoms with Crippen LogP contribution >= 0.6 is 35.6 Å². The molecule has 36 heavy (non-hydrogen) atoms. The predicted octanol–water partition coefficient (Wildman–Crippen LogP) is 4.85. The number of thiocarbonyl (C=S) groups is 1. The summed E-state index contributed by atoms with van der Waals surface area (Å²) in [5, 5.41) is 6.94. The van der Waals surface area contributed by atoms with E-state index in [2.05, 4.69) is 50.7 Å². The number of carbonyl (C=O) groups excluding carboxylic acids is 2. The van der Waals surface area contributed by atoms with Crippen molar-refractivity contribution in [3.8, 4) is 0 Å². The fourth-order valence-electron chi connectivity index (χ4n) is 5.11. The fraction of sp³-hybridized carbons (Fsp3) is 0.385. The smallest absolute Gasteiger partial charge is 0.253 e. The van der Waals surface area contributed by atoms with Gasteiger partial charge in [-0.1, -0.05) is 53.2 Å². The number of fused-ring (bicyclic) bond motifs is 1. The fourth-order valence-corrected chi connectivity index (χ4v) is 6.43. The van der Waals surface area contributed by atoms with Crippen molar-refractivity contribution < 1.29 is 9.59 Å². The highest BCUT2D eigenvalue weighted by atomic mass is 35.5. The summed E-state index contributed by atoms with van der Waals surface area (Å²) in [6, 6.07) is 9.68. The van der Waals surface area contributed by atoms with Crippen LogP contribution in [-0.2, 0) is 11.2 Å². The van der Waals surface area contributed by atoms with Gasteiger partial charge in [-0.2, -0.15) is 0 Å². The van der Waals surface area contributed by atoms with Gasteiger partial charge in [-0.3, -0.25) is 20.4 Å². The van der Waals surface area contributed by atoms with E-state index in [0.717, 1.165) is 31.4 Å². The highest BCUT2D eigenvalue weighted by molar-refractivity contribution is 8.14. The monoisotopic (exact) mass is 541 g/mol. The number of nitrogens with zero attached hydrogens (tertiary/aromatic N) is 1. The Bertz CT molecular complexity index is 1230. The molecule has 1 unspecified atom stereocenters.